The molecule has 1 aliphatic rings. The Morgan fingerprint density at radius 3 is 2.71 bits per heavy atom. The maximum atomic E-state index is 11.6. The molecule has 6 heteroatoms. The fourth-order valence-electron chi connectivity index (χ4n) is 1.70. The van der Waals surface area contributed by atoms with Crippen LogP contribution in [-0.4, -0.2) is 42.1 Å². The zero-order chi connectivity index (χ0) is 10.8. The van der Waals surface area contributed by atoms with E-state index in [-0.39, 0.29) is 5.75 Å². The Balaban J connectivity index is 2.81. The van der Waals surface area contributed by atoms with Gasteiger partial charge in [-0.1, -0.05) is 6.92 Å². The van der Waals surface area contributed by atoms with Crippen LogP contribution in [0.4, 0.5) is 0 Å². The van der Waals surface area contributed by atoms with E-state index in [9.17, 15) is 13.2 Å². The van der Waals surface area contributed by atoms with Crippen molar-refractivity contribution in [2.45, 2.75) is 32.2 Å². The third-order valence-electron chi connectivity index (χ3n) is 2.31. The SMILES string of the molecule is CCCS(=O)(=O)N1CCCC1C(=O)O. The highest BCUT2D eigenvalue weighted by atomic mass is 32.2. The number of carbonyl (C=O) groups is 1. The molecule has 0 aromatic rings. The van der Waals surface area contributed by atoms with Gasteiger partial charge in [-0.2, -0.15) is 4.31 Å². The molecule has 1 unspecified atom stereocenters. The summed E-state index contributed by atoms with van der Waals surface area (Å²) >= 11 is 0. The Kier molecular flexibility index (Phi) is 3.49. The van der Waals surface area contributed by atoms with Crippen LogP contribution in [-0.2, 0) is 14.8 Å². The molecular weight excluding hydrogens is 206 g/mol. The summed E-state index contributed by atoms with van der Waals surface area (Å²) in [6.07, 6.45) is 1.59. The van der Waals surface area contributed by atoms with Crippen molar-refractivity contribution < 1.29 is 18.3 Å². The average molecular weight is 221 g/mol. The second-order valence-corrected chi connectivity index (χ2v) is 5.46. The fourth-order valence-corrected chi connectivity index (χ4v) is 3.44. The van der Waals surface area contributed by atoms with Gasteiger partial charge in [0.15, 0.2) is 0 Å². The molecule has 0 amide bonds. The van der Waals surface area contributed by atoms with Crippen LogP contribution in [0, 0.1) is 0 Å². The Hall–Kier alpha value is -0.620. The summed E-state index contributed by atoms with van der Waals surface area (Å²) in [6.45, 7) is 2.11. The minimum atomic E-state index is -3.35. The Morgan fingerprint density at radius 1 is 1.57 bits per heavy atom. The quantitative estimate of drug-likeness (QED) is 0.739. The number of rotatable bonds is 4. The maximum Gasteiger partial charge on any atom is 0.322 e. The second kappa shape index (κ2) is 4.27. The van der Waals surface area contributed by atoms with Crippen molar-refractivity contribution in [1.82, 2.24) is 4.31 Å². The van der Waals surface area contributed by atoms with Crippen LogP contribution in [0.3, 0.4) is 0 Å². The molecule has 0 spiro atoms. The van der Waals surface area contributed by atoms with E-state index in [2.05, 4.69) is 0 Å². The molecule has 5 nitrogen and oxygen atoms in total. The minimum absolute atomic E-state index is 0.0385. The van der Waals surface area contributed by atoms with Crippen LogP contribution in [0.5, 0.6) is 0 Å². The van der Waals surface area contributed by atoms with Crippen LogP contribution in [0.15, 0.2) is 0 Å². The van der Waals surface area contributed by atoms with Crippen LogP contribution in [0.25, 0.3) is 0 Å². The standard InChI is InChI=1S/C8H15NO4S/c1-2-6-14(12,13)9-5-3-4-7(9)8(10)11/h7H,2-6H2,1H3,(H,10,11). The maximum absolute atomic E-state index is 11.6. The smallest absolute Gasteiger partial charge is 0.322 e. The highest BCUT2D eigenvalue weighted by Gasteiger charge is 2.37. The first-order valence-electron chi connectivity index (χ1n) is 4.71. The highest BCUT2D eigenvalue weighted by Crippen LogP contribution is 2.21. The number of carboxylic acid groups (broad SMARTS) is 1. The third kappa shape index (κ3) is 2.24. The van der Waals surface area contributed by atoms with E-state index in [1.165, 1.54) is 0 Å². The minimum Gasteiger partial charge on any atom is -0.480 e. The van der Waals surface area contributed by atoms with Gasteiger partial charge in [-0.05, 0) is 19.3 Å². The van der Waals surface area contributed by atoms with Gasteiger partial charge < -0.3 is 5.11 Å². The molecule has 0 aromatic heterocycles. The molecule has 1 fully saturated rings. The van der Waals surface area contributed by atoms with E-state index in [1.54, 1.807) is 6.92 Å². The molecule has 82 valence electrons. The Morgan fingerprint density at radius 2 is 2.21 bits per heavy atom. The van der Waals surface area contributed by atoms with Crippen LogP contribution in [0.2, 0.25) is 0 Å². The topological polar surface area (TPSA) is 74.7 Å². The number of nitrogens with zero attached hydrogens (tertiary/aromatic N) is 1. The normalized spacial score (nSPS) is 23.9. The van der Waals surface area contributed by atoms with E-state index in [1.807, 2.05) is 0 Å². The molecular formula is C8H15NO4S. The van der Waals surface area contributed by atoms with Gasteiger partial charge in [-0.15, -0.1) is 0 Å². The van der Waals surface area contributed by atoms with Gasteiger partial charge in [-0.3, -0.25) is 4.79 Å². The summed E-state index contributed by atoms with van der Waals surface area (Å²) in [5, 5.41) is 8.81. The highest BCUT2D eigenvalue weighted by molar-refractivity contribution is 7.89. The summed E-state index contributed by atoms with van der Waals surface area (Å²) in [5.74, 6) is -1.00. The first kappa shape index (κ1) is 11.5. The molecule has 1 heterocycles. The van der Waals surface area contributed by atoms with Crippen molar-refractivity contribution in [1.29, 1.82) is 0 Å². The average Bonchev–Trinajstić information content (AvgIpc) is 2.51. The van der Waals surface area contributed by atoms with Gasteiger partial charge in [-0.25, -0.2) is 8.42 Å². The number of hydrogen-bond donors (Lipinski definition) is 1. The summed E-state index contributed by atoms with van der Waals surface area (Å²) in [5.41, 5.74) is 0. The number of aliphatic carboxylic acids is 1. The van der Waals surface area contributed by atoms with Crippen molar-refractivity contribution >= 4 is 16.0 Å². The van der Waals surface area contributed by atoms with Crippen LogP contribution >= 0.6 is 0 Å². The molecule has 0 radical (unpaired) electrons. The van der Waals surface area contributed by atoms with Crippen molar-refractivity contribution in [3.63, 3.8) is 0 Å². The molecule has 1 rings (SSSR count). The molecule has 1 atom stereocenters. The van der Waals surface area contributed by atoms with Gasteiger partial charge in [0.25, 0.3) is 0 Å². The lowest BCUT2D eigenvalue weighted by Crippen LogP contribution is -2.41. The van der Waals surface area contributed by atoms with E-state index in [4.69, 9.17) is 5.11 Å². The predicted octanol–water partition coefficient (Wildman–Crippen LogP) is 0.275. The summed E-state index contributed by atoms with van der Waals surface area (Å²) in [7, 11) is -3.35. The van der Waals surface area contributed by atoms with Gasteiger partial charge in [0.1, 0.15) is 6.04 Å². The van der Waals surface area contributed by atoms with Crippen molar-refractivity contribution in [2.24, 2.45) is 0 Å². The molecule has 0 saturated carbocycles. The molecule has 1 saturated heterocycles. The summed E-state index contributed by atoms with van der Waals surface area (Å²) in [6, 6.07) is -0.841. The molecule has 1 N–H and O–H groups in total. The van der Waals surface area contributed by atoms with E-state index < -0.39 is 22.0 Å². The van der Waals surface area contributed by atoms with E-state index >= 15 is 0 Å². The first-order valence-corrected chi connectivity index (χ1v) is 6.32. The Labute approximate surface area is 83.8 Å². The summed E-state index contributed by atoms with van der Waals surface area (Å²) < 4.78 is 24.3. The molecule has 0 bridgehead atoms. The molecule has 1 aliphatic heterocycles. The van der Waals surface area contributed by atoms with Gasteiger partial charge >= 0.3 is 5.97 Å². The van der Waals surface area contributed by atoms with Crippen molar-refractivity contribution in [3.05, 3.63) is 0 Å². The molecule has 14 heavy (non-hydrogen) atoms. The lowest BCUT2D eigenvalue weighted by molar-refractivity contribution is -0.140. The Bertz CT molecular complexity index is 311. The van der Waals surface area contributed by atoms with E-state index in [0.717, 1.165) is 4.31 Å². The largest absolute Gasteiger partial charge is 0.480 e. The molecule has 0 aliphatic carbocycles. The third-order valence-corrected chi connectivity index (χ3v) is 4.38. The molecule has 0 aromatic carbocycles. The predicted molar refractivity (Wildman–Crippen MR) is 51.4 cm³/mol. The second-order valence-electron chi connectivity index (χ2n) is 3.42. The van der Waals surface area contributed by atoms with Gasteiger partial charge in [0, 0.05) is 6.54 Å². The zero-order valence-corrected chi connectivity index (χ0v) is 8.96. The van der Waals surface area contributed by atoms with Gasteiger partial charge in [0.2, 0.25) is 10.0 Å². The lowest BCUT2D eigenvalue weighted by atomic mass is 10.2. The number of carboxylic acids is 1. The zero-order valence-electron chi connectivity index (χ0n) is 8.14. The van der Waals surface area contributed by atoms with Crippen LogP contribution in [0.1, 0.15) is 26.2 Å². The van der Waals surface area contributed by atoms with Crippen molar-refractivity contribution in [2.75, 3.05) is 12.3 Å². The van der Waals surface area contributed by atoms with Crippen LogP contribution < -0.4 is 0 Å². The number of sulfonamides is 1. The van der Waals surface area contributed by atoms with E-state index in [0.29, 0.717) is 25.8 Å². The summed E-state index contributed by atoms with van der Waals surface area (Å²) in [4.78, 5) is 10.8. The van der Waals surface area contributed by atoms with Crippen molar-refractivity contribution in [3.8, 4) is 0 Å². The van der Waals surface area contributed by atoms with Gasteiger partial charge in [0.05, 0.1) is 5.75 Å². The number of hydrogen-bond acceptors (Lipinski definition) is 3. The monoisotopic (exact) mass is 221 g/mol. The first-order chi connectivity index (χ1) is 6.49. The lowest BCUT2D eigenvalue weighted by Gasteiger charge is -2.20. The fraction of sp³-hybridized carbons (Fsp3) is 0.875.